The summed E-state index contributed by atoms with van der Waals surface area (Å²) in [6, 6.07) is 7.31. The van der Waals surface area contributed by atoms with E-state index in [1.807, 2.05) is 6.07 Å². The van der Waals surface area contributed by atoms with Crippen LogP contribution < -0.4 is 5.32 Å². The van der Waals surface area contributed by atoms with Gasteiger partial charge in [0.2, 0.25) is 0 Å². The van der Waals surface area contributed by atoms with E-state index in [1.165, 1.54) is 30.9 Å². The molecule has 1 aliphatic rings. The summed E-state index contributed by atoms with van der Waals surface area (Å²) < 4.78 is 13.1. The summed E-state index contributed by atoms with van der Waals surface area (Å²) in [6.07, 6.45) is 6.87. The Labute approximate surface area is 103 Å². The molecule has 1 aromatic rings. The van der Waals surface area contributed by atoms with Gasteiger partial charge in [-0.2, -0.15) is 0 Å². The topological polar surface area (TPSA) is 12.0 Å². The second-order valence-corrected chi connectivity index (χ2v) is 4.62. The van der Waals surface area contributed by atoms with Gasteiger partial charge in [0.15, 0.2) is 0 Å². The highest BCUT2D eigenvalue weighted by atomic mass is 19.1. The van der Waals surface area contributed by atoms with Gasteiger partial charge in [0.25, 0.3) is 0 Å². The Bertz CT molecular complexity index is 398. The summed E-state index contributed by atoms with van der Waals surface area (Å²) in [6.45, 7) is 3.07. The summed E-state index contributed by atoms with van der Waals surface area (Å²) in [5.74, 6) is -0.141. The van der Waals surface area contributed by atoms with Crippen LogP contribution in [0.15, 0.2) is 35.9 Å². The molecule has 17 heavy (non-hydrogen) atoms. The molecule has 0 bridgehead atoms. The minimum atomic E-state index is -0.141. The SMILES string of the molecule is CCNC(Cc1cccc(F)c1)C1=CCCC1. The van der Waals surface area contributed by atoms with Gasteiger partial charge in [-0.15, -0.1) is 0 Å². The first kappa shape index (κ1) is 12.3. The predicted octanol–water partition coefficient (Wildman–Crippen LogP) is 3.46. The van der Waals surface area contributed by atoms with E-state index in [4.69, 9.17) is 0 Å². The van der Waals surface area contributed by atoms with Crippen LogP contribution in [0.3, 0.4) is 0 Å². The first-order valence-electron chi connectivity index (χ1n) is 6.46. The maximum Gasteiger partial charge on any atom is 0.123 e. The van der Waals surface area contributed by atoms with E-state index in [2.05, 4.69) is 18.3 Å². The van der Waals surface area contributed by atoms with Crippen molar-refractivity contribution in [3.05, 3.63) is 47.3 Å². The molecule has 0 saturated heterocycles. The number of halogens is 1. The smallest absolute Gasteiger partial charge is 0.123 e. The molecule has 92 valence electrons. The zero-order chi connectivity index (χ0) is 12.1. The lowest BCUT2D eigenvalue weighted by molar-refractivity contribution is 0.570. The maximum absolute atomic E-state index is 13.1. The van der Waals surface area contributed by atoms with Crippen LogP contribution in [0.4, 0.5) is 4.39 Å². The molecule has 0 fully saturated rings. The first-order valence-corrected chi connectivity index (χ1v) is 6.46. The van der Waals surface area contributed by atoms with E-state index in [-0.39, 0.29) is 5.82 Å². The fourth-order valence-corrected chi connectivity index (χ4v) is 2.49. The zero-order valence-corrected chi connectivity index (χ0v) is 10.4. The highest BCUT2D eigenvalue weighted by molar-refractivity contribution is 5.23. The number of benzene rings is 1. The molecular formula is C15H20FN. The average molecular weight is 233 g/mol. The number of hydrogen-bond acceptors (Lipinski definition) is 1. The molecule has 1 atom stereocenters. The highest BCUT2D eigenvalue weighted by Gasteiger charge is 2.16. The van der Waals surface area contributed by atoms with Crippen LogP contribution in [0, 0.1) is 5.82 Å². The lowest BCUT2D eigenvalue weighted by atomic mass is 9.98. The number of hydrogen-bond donors (Lipinski definition) is 1. The number of likely N-dealkylation sites (N-methyl/N-ethyl adjacent to an activating group) is 1. The second-order valence-electron chi connectivity index (χ2n) is 4.62. The molecule has 1 aromatic carbocycles. The Morgan fingerprint density at radius 2 is 2.29 bits per heavy atom. The number of nitrogens with one attached hydrogen (secondary N) is 1. The molecule has 1 unspecified atom stereocenters. The Balaban J connectivity index is 2.07. The van der Waals surface area contributed by atoms with E-state index in [1.54, 1.807) is 12.1 Å². The average Bonchev–Trinajstić information content (AvgIpc) is 2.82. The van der Waals surface area contributed by atoms with Crippen molar-refractivity contribution in [1.82, 2.24) is 5.32 Å². The Morgan fingerprint density at radius 1 is 1.41 bits per heavy atom. The Morgan fingerprint density at radius 3 is 2.94 bits per heavy atom. The highest BCUT2D eigenvalue weighted by Crippen LogP contribution is 2.23. The molecule has 1 aliphatic carbocycles. The van der Waals surface area contributed by atoms with Crippen molar-refractivity contribution in [3.8, 4) is 0 Å². The first-order chi connectivity index (χ1) is 8.29. The quantitative estimate of drug-likeness (QED) is 0.768. The van der Waals surface area contributed by atoms with E-state index in [0.717, 1.165) is 18.5 Å². The van der Waals surface area contributed by atoms with Crippen LogP contribution in [0.25, 0.3) is 0 Å². The third kappa shape index (κ3) is 3.40. The van der Waals surface area contributed by atoms with Crippen molar-refractivity contribution in [2.75, 3.05) is 6.54 Å². The van der Waals surface area contributed by atoms with Crippen molar-refractivity contribution >= 4 is 0 Å². The minimum absolute atomic E-state index is 0.141. The van der Waals surface area contributed by atoms with Gasteiger partial charge in [-0.25, -0.2) is 4.39 Å². The van der Waals surface area contributed by atoms with E-state index >= 15 is 0 Å². The van der Waals surface area contributed by atoms with Crippen LogP contribution >= 0.6 is 0 Å². The summed E-state index contributed by atoms with van der Waals surface area (Å²) in [7, 11) is 0. The molecule has 0 aliphatic heterocycles. The van der Waals surface area contributed by atoms with Gasteiger partial charge in [0, 0.05) is 6.04 Å². The lowest BCUT2D eigenvalue weighted by Gasteiger charge is -2.19. The van der Waals surface area contributed by atoms with Gasteiger partial charge in [-0.3, -0.25) is 0 Å². The van der Waals surface area contributed by atoms with Crippen molar-refractivity contribution < 1.29 is 4.39 Å². The van der Waals surface area contributed by atoms with E-state index in [9.17, 15) is 4.39 Å². The van der Waals surface area contributed by atoms with Crippen LogP contribution in [-0.2, 0) is 6.42 Å². The fourth-order valence-electron chi connectivity index (χ4n) is 2.49. The lowest BCUT2D eigenvalue weighted by Crippen LogP contribution is -2.32. The molecule has 0 spiro atoms. The molecule has 0 radical (unpaired) electrons. The van der Waals surface area contributed by atoms with Crippen molar-refractivity contribution in [1.29, 1.82) is 0 Å². The molecule has 0 saturated carbocycles. The molecule has 2 rings (SSSR count). The van der Waals surface area contributed by atoms with Gasteiger partial charge >= 0.3 is 0 Å². The molecule has 2 heteroatoms. The second kappa shape index (κ2) is 5.97. The maximum atomic E-state index is 13.1. The van der Waals surface area contributed by atoms with Crippen LogP contribution in [-0.4, -0.2) is 12.6 Å². The van der Waals surface area contributed by atoms with Gasteiger partial charge in [-0.05, 0) is 49.9 Å². The monoisotopic (exact) mass is 233 g/mol. The van der Waals surface area contributed by atoms with Crippen molar-refractivity contribution in [2.24, 2.45) is 0 Å². The Hall–Kier alpha value is -1.15. The molecule has 0 heterocycles. The Kier molecular flexibility index (Phi) is 4.32. The minimum Gasteiger partial charge on any atom is -0.310 e. The van der Waals surface area contributed by atoms with E-state index < -0.39 is 0 Å². The normalized spacial score (nSPS) is 16.9. The standard InChI is InChI=1S/C15H20FN/c1-2-17-15(13-7-3-4-8-13)11-12-6-5-9-14(16)10-12/h5-7,9-10,15,17H,2-4,8,11H2,1H3. The van der Waals surface area contributed by atoms with Crippen LogP contribution in [0.5, 0.6) is 0 Å². The van der Waals surface area contributed by atoms with Crippen LogP contribution in [0.2, 0.25) is 0 Å². The fraction of sp³-hybridized carbons (Fsp3) is 0.467. The molecule has 0 amide bonds. The van der Waals surface area contributed by atoms with Crippen molar-refractivity contribution in [3.63, 3.8) is 0 Å². The summed E-state index contributed by atoms with van der Waals surface area (Å²) in [4.78, 5) is 0. The molecule has 1 nitrogen and oxygen atoms in total. The van der Waals surface area contributed by atoms with Gasteiger partial charge in [-0.1, -0.05) is 30.7 Å². The van der Waals surface area contributed by atoms with Crippen molar-refractivity contribution in [2.45, 2.75) is 38.6 Å². The summed E-state index contributed by atoms with van der Waals surface area (Å²) >= 11 is 0. The molecular weight excluding hydrogens is 213 g/mol. The third-order valence-electron chi connectivity index (χ3n) is 3.30. The number of rotatable bonds is 5. The largest absolute Gasteiger partial charge is 0.310 e. The van der Waals surface area contributed by atoms with Gasteiger partial charge in [0.1, 0.15) is 5.82 Å². The zero-order valence-electron chi connectivity index (χ0n) is 10.4. The summed E-state index contributed by atoms with van der Waals surface area (Å²) in [5.41, 5.74) is 2.57. The third-order valence-corrected chi connectivity index (χ3v) is 3.30. The predicted molar refractivity (Wildman–Crippen MR) is 69.5 cm³/mol. The van der Waals surface area contributed by atoms with E-state index in [0.29, 0.717) is 6.04 Å². The molecule has 0 aromatic heterocycles. The van der Waals surface area contributed by atoms with Gasteiger partial charge in [0.05, 0.1) is 0 Å². The van der Waals surface area contributed by atoms with Crippen LogP contribution in [0.1, 0.15) is 31.7 Å². The van der Waals surface area contributed by atoms with Gasteiger partial charge < -0.3 is 5.32 Å². The summed E-state index contributed by atoms with van der Waals surface area (Å²) in [5, 5.41) is 3.50. The number of allylic oxidation sites excluding steroid dienone is 1. The molecule has 1 N–H and O–H groups in total.